The first-order chi connectivity index (χ1) is 14.6. The van der Waals surface area contributed by atoms with Crippen molar-refractivity contribution in [3.8, 4) is 5.75 Å². The molecule has 1 aromatic heterocycles. The van der Waals surface area contributed by atoms with Crippen molar-refractivity contribution in [2.75, 3.05) is 13.7 Å². The highest BCUT2D eigenvalue weighted by atomic mass is 19.1. The van der Waals surface area contributed by atoms with Crippen molar-refractivity contribution in [1.29, 1.82) is 0 Å². The first-order valence-electron chi connectivity index (χ1n) is 10.1. The summed E-state index contributed by atoms with van der Waals surface area (Å²) in [5, 5.41) is 1.18. The van der Waals surface area contributed by atoms with Crippen molar-refractivity contribution in [1.82, 2.24) is 4.98 Å². The predicted molar refractivity (Wildman–Crippen MR) is 121 cm³/mol. The minimum Gasteiger partial charge on any atom is -0.497 e. The van der Waals surface area contributed by atoms with Gasteiger partial charge in [0.2, 0.25) is 0 Å². The number of nitrogens with one attached hydrogen (secondary N) is 1. The molecule has 0 fully saturated rings. The molecule has 0 aliphatic heterocycles. The zero-order chi connectivity index (χ0) is 20.9. The average molecular weight is 400 g/mol. The number of hydrogen-bond donors (Lipinski definition) is 1. The fraction of sp³-hybridized carbons (Fsp3) is 0.192. The van der Waals surface area contributed by atoms with Crippen LogP contribution in [0.15, 0.2) is 77.9 Å². The average Bonchev–Trinajstić information content (AvgIpc) is 3.16. The van der Waals surface area contributed by atoms with Gasteiger partial charge in [-0.15, -0.1) is 0 Å². The molecule has 0 aliphatic carbocycles. The Balaban J connectivity index is 1.45. The van der Waals surface area contributed by atoms with Crippen molar-refractivity contribution in [2.24, 2.45) is 4.99 Å². The van der Waals surface area contributed by atoms with Crippen molar-refractivity contribution >= 4 is 16.6 Å². The van der Waals surface area contributed by atoms with E-state index in [9.17, 15) is 4.39 Å². The lowest BCUT2D eigenvalue weighted by Crippen LogP contribution is -2.00. The fourth-order valence-corrected chi connectivity index (χ4v) is 3.72. The van der Waals surface area contributed by atoms with Crippen LogP contribution >= 0.6 is 0 Å². The van der Waals surface area contributed by atoms with Crippen LogP contribution in [0.2, 0.25) is 0 Å². The van der Waals surface area contributed by atoms with Crippen LogP contribution < -0.4 is 4.74 Å². The van der Waals surface area contributed by atoms with E-state index in [1.165, 1.54) is 17.0 Å². The van der Waals surface area contributed by atoms with Gasteiger partial charge in [0.15, 0.2) is 0 Å². The topological polar surface area (TPSA) is 37.4 Å². The number of hydrogen-bond acceptors (Lipinski definition) is 2. The summed E-state index contributed by atoms with van der Waals surface area (Å²) in [6, 6.07) is 21.1. The first kappa shape index (κ1) is 19.9. The SMILES string of the molecule is COc1ccc2[nH]cc(CCN=C(C)c3cccc(Cc4cccc(F)c4)c3)c2c1. The zero-order valence-corrected chi connectivity index (χ0v) is 17.3. The minimum atomic E-state index is -0.198. The lowest BCUT2D eigenvalue weighted by molar-refractivity contribution is 0.415. The van der Waals surface area contributed by atoms with Crippen LogP contribution in [-0.2, 0) is 12.8 Å². The largest absolute Gasteiger partial charge is 0.497 e. The molecule has 4 heteroatoms. The maximum atomic E-state index is 13.4. The number of nitrogens with zero attached hydrogens (tertiary/aromatic N) is 1. The smallest absolute Gasteiger partial charge is 0.123 e. The monoisotopic (exact) mass is 400 g/mol. The molecular weight excluding hydrogens is 375 g/mol. The van der Waals surface area contributed by atoms with Gasteiger partial charge in [0.05, 0.1) is 7.11 Å². The Morgan fingerprint density at radius 2 is 1.80 bits per heavy atom. The molecule has 152 valence electrons. The second-order valence-electron chi connectivity index (χ2n) is 7.45. The number of aromatic nitrogens is 1. The summed E-state index contributed by atoms with van der Waals surface area (Å²) in [6.45, 7) is 2.75. The number of halogens is 1. The molecule has 4 aromatic rings. The predicted octanol–water partition coefficient (Wildman–Crippen LogP) is 5.96. The standard InChI is InChI=1S/C26H25FN2O/c1-18(21-7-3-5-19(14-21)13-20-6-4-8-23(27)15-20)28-12-11-22-17-29-26-10-9-24(30-2)16-25(22)26/h3-10,14-17,29H,11-13H2,1-2H3. The summed E-state index contributed by atoms with van der Waals surface area (Å²) < 4.78 is 18.8. The van der Waals surface area contributed by atoms with Gasteiger partial charge < -0.3 is 9.72 Å². The van der Waals surface area contributed by atoms with E-state index in [1.807, 2.05) is 31.2 Å². The number of aromatic amines is 1. The maximum absolute atomic E-state index is 13.4. The molecule has 3 nitrogen and oxygen atoms in total. The number of aliphatic imine (C=N–C) groups is 1. The molecule has 1 heterocycles. The number of H-pyrrole nitrogens is 1. The molecule has 0 unspecified atom stereocenters. The summed E-state index contributed by atoms with van der Waals surface area (Å²) in [6.07, 6.45) is 3.61. The molecular formula is C26H25FN2O. The normalized spacial score (nSPS) is 11.8. The summed E-state index contributed by atoms with van der Waals surface area (Å²) in [5.41, 5.74) is 6.57. The highest BCUT2D eigenvalue weighted by Gasteiger charge is 2.06. The number of fused-ring (bicyclic) bond motifs is 1. The lowest BCUT2D eigenvalue weighted by atomic mass is 10.0. The molecule has 0 spiro atoms. The van der Waals surface area contributed by atoms with Gasteiger partial charge in [0.25, 0.3) is 0 Å². The number of methoxy groups -OCH3 is 1. The van der Waals surface area contributed by atoms with E-state index in [2.05, 4.69) is 35.4 Å². The zero-order valence-electron chi connectivity index (χ0n) is 17.3. The Bertz CT molecular complexity index is 1190. The van der Waals surface area contributed by atoms with Gasteiger partial charge in [-0.3, -0.25) is 4.99 Å². The van der Waals surface area contributed by atoms with Crippen LogP contribution in [0.4, 0.5) is 4.39 Å². The highest BCUT2D eigenvalue weighted by Crippen LogP contribution is 2.24. The lowest BCUT2D eigenvalue weighted by Gasteiger charge is -2.06. The Morgan fingerprint density at radius 1 is 1.00 bits per heavy atom. The van der Waals surface area contributed by atoms with Gasteiger partial charge in [0, 0.05) is 29.4 Å². The van der Waals surface area contributed by atoms with Crippen molar-refractivity contribution in [3.63, 3.8) is 0 Å². The molecule has 0 aliphatic rings. The Labute approximate surface area is 176 Å². The number of ether oxygens (including phenoxy) is 1. The van der Waals surface area contributed by atoms with E-state index < -0.39 is 0 Å². The van der Waals surface area contributed by atoms with E-state index in [0.717, 1.165) is 40.1 Å². The van der Waals surface area contributed by atoms with E-state index in [0.29, 0.717) is 13.0 Å². The highest BCUT2D eigenvalue weighted by molar-refractivity contribution is 5.98. The van der Waals surface area contributed by atoms with Crippen LogP contribution in [0.1, 0.15) is 29.2 Å². The Morgan fingerprint density at radius 3 is 2.60 bits per heavy atom. The third-order valence-corrected chi connectivity index (χ3v) is 5.35. The molecule has 3 aromatic carbocycles. The van der Waals surface area contributed by atoms with E-state index in [-0.39, 0.29) is 5.82 Å². The van der Waals surface area contributed by atoms with Gasteiger partial charge in [0.1, 0.15) is 11.6 Å². The molecule has 0 saturated carbocycles. The summed E-state index contributed by atoms with van der Waals surface area (Å²) in [4.78, 5) is 8.11. The van der Waals surface area contributed by atoms with Gasteiger partial charge in [-0.2, -0.15) is 0 Å². The number of benzene rings is 3. The summed E-state index contributed by atoms with van der Waals surface area (Å²) in [5.74, 6) is 0.662. The molecule has 0 saturated heterocycles. The van der Waals surface area contributed by atoms with E-state index in [1.54, 1.807) is 19.2 Å². The van der Waals surface area contributed by atoms with Crippen molar-refractivity contribution in [3.05, 3.63) is 101 Å². The molecule has 0 radical (unpaired) electrons. The van der Waals surface area contributed by atoms with Gasteiger partial charge in [-0.25, -0.2) is 4.39 Å². The third kappa shape index (κ3) is 4.60. The second-order valence-corrected chi connectivity index (χ2v) is 7.45. The quantitative estimate of drug-likeness (QED) is 0.382. The minimum absolute atomic E-state index is 0.198. The van der Waals surface area contributed by atoms with Gasteiger partial charge >= 0.3 is 0 Å². The fourth-order valence-electron chi connectivity index (χ4n) is 3.72. The first-order valence-corrected chi connectivity index (χ1v) is 10.1. The van der Waals surface area contributed by atoms with Gasteiger partial charge in [-0.05, 0) is 78.4 Å². The summed E-state index contributed by atoms with van der Waals surface area (Å²) >= 11 is 0. The number of rotatable bonds is 7. The van der Waals surface area contributed by atoms with Crippen LogP contribution in [0.5, 0.6) is 5.75 Å². The molecule has 1 N–H and O–H groups in total. The van der Waals surface area contributed by atoms with E-state index in [4.69, 9.17) is 9.73 Å². The summed E-state index contributed by atoms with van der Waals surface area (Å²) in [7, 11) is 1.68. The van der Waals surface area contributed by atoms with Crippen LogP contribution in [0.3, 0.4) is 0 Å². The van der Waals surface area contributed by atoms with Crippen LogP contribution in [0, 0.1) is 5.82 Å². The molecule has 4 rings (SSSR count). The third-order valence-electron chi connectivity index (χ3n) is 5.35. The van der Waals surface area contributed by atoms with Gasteiger partial charge in [-0.1, -0.05) is 30.3 Å². The molecule has 0 bridgehead atoms. The Hall–Kier alpha value is -3.40. The molecule has 0 atom stereocenters. The molecule has 0 amide bonds. The Kier molecular flexibility index (Phi) is 5.94. The second kappa shape index (κ2) is 8.95. The van der Waals surface area contributed by atoms with Crippen LogP contribution in [0.25, 0.3) is 10.9 Å². The van der Waals surface area contributed by atoms with Crippen LogP contribution in [-0.4, -0.2) is 24.4 Å². The van der Waals surface area contributed by atoms with Crippen molar-refractivity contribution in [2.45, 2.75) is 19.8 Å². The van der Waals surface area contributed by atoms with Crippen molar-refractivity contribution < 1.29 is 9.13 Å². The van der Waals surface area contributed by atoms with E-state index >= 15 is 0 Å². The molecule has 30 heavy (non-hydrogen) atoms. The maximum Gasteiger partial charge on any atom is 0.123 e.